The maximum atomic E-state index is 5.39. The first-order valence-electron chi connectivity index (χ1n) is 3.25. The van der Waals surface area contributed by atoms with E-state index in [1.54, 1.807) is 0 Å². The molecule has 0 aromatic carbocycles. The van der Waals surface area contributed by atoms with Crippen LogP contribution in [0.25, 0.3) is 0 Å². The Kier molecular flexibility index (Phi) is 0.908. The van der Waals surface area contributed by atoms with Crippen molar-refractivity contribution in [3.8, 4) is 0 Å². The van der Waals surface area contributed by atoms with E-state index >= 15 is 0 Å². The van der Waals surface area contributed by atoms with Crippen LogP contribution < -0.4 is 0 Å². The van der Waals surface area contributed by atoms with E-state index in [2.05, 4.69) is 12.2 Å². The second kappa shape index (κ2) is 1.59. The van der Waals surface area contributed by atoms with Crippen molar-refractivity contribution in [2.75, 3.05) is 6.61 Å². The molecular weight excluding hydrogens is 100 g/mol. The Morgan fingerprint density at radius 1 is 1.50 bits per heavy atom. The highest BCUT2D eigenvalue weighted by molar-refractivity contribution is 5.04. The van der Waals surface area contributed by atoms with E-state index in [4.69, 9.17) is 4.74 Å². The summed E-state index contributed by atoms with van der Waals surface area (Å²) in [5, 5.41) is 0. The predicted molar refractivity (Wildman–Crippen MR) is 31.6 cm³/mol. The van der Waals surface area contributed by atoms with Crippen LogP contribution in [0.1, 0.15) is 12.8 Å². The van der Waals surface area contributed by atoms with Crippen molar-refractivity contribution in [3.63, 3.8) is 0 Å². The van der Waals surface area contributed by atoms with Crippen LogP contribution in [0.2, 0.25) is 0 Å². The van der Waals surface area contributed by atoms with Crippen molar-refractivity contribution < 1.29 is 4.74 Å². The van der Waals surface area contributed by atoms with Crippen LogP contribution >= 0.6 is 0 Å². The van der Waals surface area contributed by atoms with E-state index in [9.17, 15) is 0 Å². The van der Waals surface area contributed by atoms with Gasteiger partial charge in [0, 0.05) is 6.61 Å². The van der Waals surface area contributed by atoms with Gasteiger partial charge in [-0.3, -0.25) is 0 Å². The standard InChI is InChI=1S/C7H10O/c1-2-6-4-5-8-7(6)3-1/h1,3,6-7H,2,4-5H2/t6-,7-/m0/s1. The van der Waals surface area contributed by atoms with Gasteiger partial charge in [0.05, 0.1) is 6.10 Å². The van der Waals surface area contributed by atoms with E-state index in [1.165, 1.54) is 12.8 Å². The van der Waals surface area contributed by atoms with E-state index in [0.717, 1.165) is 12.5 Å². The zero-order valence-corrected chi connectivity index (χ0v) is 4.84. The van der Waals surface area contributed by atoms with Crippen LogP contribution in [0.15, 0.2) is 12.2 Å². The lowest BCUT2D eigenvalue weighted by molar-refractivity contribution is 0.134. The smallest absolute Gasteiger partial charge is 0.0787 e. The fraction of sp³-hybridized carbons (Fsp3) is 0.714. The lowest BCUT2D eigenvalue weighted by Crippen LogP contribution is -2.05. The van der Waals surface area contributed by atoms with Gasteiger partial charge in [-0.25, -0.2) is 0 Å². The summed E-state index contributed by atoms with van der Waals surface area (Å²) in [6.45, 7) is 0.986. The van der Waals surface area contributed by atoms with Crippen molar-refractivity contribution in [1.82, 2.24) is 0 Å². The molecule has 0 aromatic heterocycles. The molecular formula is C7H10O. The minimum atomic E-state index is 0.495. The molecule has 0 aromatic rings. The molecule has 0 unspecified atom stereocenters. The first kappa shape index (κ1) is 4.57. The monoisotopic (exact) mass is 110 g/mol. The zero-order valence-electron chi connectivity index (χ0n) is 4.84. The molecule has 0 radical (unpaired) electrons. The Morgan fingerprint density at radius 2 is 2.50 bits per heavy atom. The SMILES string of the molecule is C1=C[C@@H]2OCC[C@@H]2C1. The summed E-state index contributed by atoms with van der Waals surface area (Å²) in [6, 6.07) is 0. The van der Waals surface area contributed by atoms with E-state index < -0.39 is 0 Å². The topological polar surface area (TPSA) is 9.23 Å². The van der Waals surface area contributed by atoms with Gasteiger partial charge < -0.3 is 4.74 Å². The Labute approximate surface area is 49.3 Å². The first-order valence-corrected chi connectivity index (χ1v) is 3.25. The highest BCUT2D eigenvalue weighted by Crippen LogP contribution is 2.29. The predicted octanol–water partition coefficient (Wildman–Crippen LogP) is 1.35. The van der Waals surface area contributed by atoms with Gasteiger partial charge in [0.2, 0.25) is 0 Å². The highest BCUT2D eigenvalue weighted by atomic mass is 16.5. The fourth-order valence-electron chi connectivity index (χ4n) is 1.51. The Bertz CT molecular complexity index is 118. The molecule has 0 N–H and O–H groups in total. The van der Waals surface area contributed by atoms with E-state index in [1.807, 2.05) is 0 Å². The summed E-state index contributed by atoms with van der Waals surface area (Å²) < 4.78 is 5.39. The minimum Gasteiger partial charge on any atom is -0.374 e. The van der Waals surface area contributed by atoms with Crippen LogP contribution in [0.5, 0.6) is 0 Å². The number of ether oxygens (including phenoxy) is 1. The normalized spacial score (nSPS) is 43.0. The van der Waals surface area contributed by atoms with Crippen molar-refractivity contribution in [2.45, 2.75) is 18.9 Å². The van der Waals surface area contributed by atoms with Gasteiger partial charge in [-0.2, -0.15) is 0 Å². The maximum Gasteiger partial charge on any atom is 0.0787 e. The van der Waals surface area contributed by atoms with Crippen LogP contribution in [-0.2, 0) is 4.74 Å². The number of allylic oxidation sites excluding steroid dienone is 1. The molecule has 2 atom stereocenters. The molecule has 2 rings (SSSR count). The summed E-state index contributed by atoms with van der Waals surface area (Å²) in [5.74, 6) is 0.843. The molecule has 1 fully saturated rings. The van der Waals surface area contributed by atoms with Gasteiger partial charge in [0.25, 0.3) is 0 Å². The maximum absolute atomic E-state index is 5.39. The number of hydrogen-bond donors (Lipinski definition) is 0. The Hall–Kier alpha value is -0.300. The molecule has 1 aliphatic heterocycles. The number of hydrogen-bond acceptors (Lipinski definition) is 1. The van der Waals surface area contributed by atoms with Gasteiger partial charge in [-0.15, -0.1) is 0 Å². The minimum absolute atomic E-state index is 0.495. The van der Waals surface area contributed by atoms with Crippen molar-refractivity contribution in [2.24, 2.45) is 5.92 Å². The third-order valence-electron chi connectivity index (χ3n) is 2.03. The van der Waals surface area contributed by atoms with Crippen LogP contribution in [0.3, 0.4) is 0 Å². The van der Waals surface area contributed by atoms with Crippen LogP contribution in [-0.4, -0.2) is 12.7 Å². The first-order chi connectivity index (χ1) is 3.97. The lowest BCUT2D eigenvalue weighted by Gasteiger charge is -2.03. The summed E-state index contributed by atoms with van der Waals surface area (Å²) in [4.78, 5) is 0. The van der Waals surface area contributed by atoms with E-state index in [-0.39, 0.29) is 0 Å². The van der Waals surface area contributed by atoms with Crippen LogP contribution in [0.4, 0.5) is 0 Å². The summed E-state index contributed by atoms with van der Waals surface area (Å²) in [6.07, 6.45) is 7.45. The average molecular weight is 110 g/mol. The Balaban J connectivity index is 2.13. The lowest BCUT2D eigenvalue weighted by atomic mass is 10.0. The Morgan fingerprint density at radius 3 is 3.38 bits per heavy atom. The summed E-state index contributed by atoms with van der Waals surface area (Å²) in [7, 11) is 0. The fourth-order valence-corrected chi connectivity index (χ4v) is 1.51. The second-order valence-electron chi connectivity index (χ2n) is 2.55. The largest absolute Gasteiger partial charge is 0.374 e. The summed E-state index contributed by atoms with van der Waals surface area (Å²) in [5.41, 5.74) is 0. The molecule has 0 saturated carbocycles. The van der Waals surface area contributed by atoms with Crippen molar-refractivity contribution in [3.05, 3.63) is 12.2 Å². The molecule has 1 heterocycles. The van der Waals surface area contributed by atoms with E-state index in [0.29, 0.717) is 6.10 Å². The molecule has 1 aliphatic carbocycles. The quantitative estimate of drug-likeness (QED) is 0.428. The molecule has 1 heteroatoms. The average Bonchev–Trinajstić information content (AvgIpc) is 2.15. The molecule has 0 spiro atoms. The van der Waals surface area contributed by atoms with Crippen molar-refractivity contribution >= 4 is 0 Å². The molecule has 8 heavy (non-hydrogen) atoms. The van der Waals surface area contributed by atoms with Gasteiger partial charge in [0.1, 0.15) is 0 Å². The second-order valence-corrected chi connectivity index (χ2v) is 2.55. The third-order valence-corrected chi connectivity index (χ3v) is 2.03. The molecule has 1 nitrogen and oxygen atoms in total. The van der Waals surface area contributed by atoms with Gasteiger partial charge in [-0.05, 0) is 18.8 Å². The molecule has 2 aliphatic rings. The third kappa shape index (κ3) is 0.511. The van der Waals surface area contributed by atoms with Crippen molar-refractivity contribution in [1.29, 1.82) is 0 Å². The summed E-state index contributed by atoms with van der Waals surface area (Å²) >= 11 is 0. The molecule has 0 bridgehead atoms. The number of fused-ring (bicyclic) bond motifs is 1. The molecule has 0 amide bonds. The molecule has 1 saturated heterocycles. The number of rotatable bonds is 0. The molecule has 44 valence electrons. The van der Waals surface area contributed by atoms with Gasteiger partial charge in [-0.1, -0.05) is 12.2 Å². The van der Waals surface area contributed by atoms with Crippen LogP contribution in [0, 0.1) is 5.92 Å². The van der Waals surface area contributed by atoms with Gasteiger partial charge >= 0.3 is 0 Å². The zero-order chi connectivity index (χ0) is 5.40. The van der Waals surface area contributed by atoms with Gasteiger partial charge in [0.15, 0.2) is 0 Å². The highest BCUT2D eigenvalue weighted by Gasteiger charge is 2.27.